The highest BCUT2D eigenvalue weighted by atomic mass is 16.5. The first kappa shape index (κ1) is 17.0. The summed E-state index contributed by atoms with van der Waals surface area (Å²) in [7, 11) is 0. The topological polar surface area (TPSA) is 77.1 Å². The van der Waals surface area contributed by atoms with Crippen LogP contribution in [-0.4, -0.2) is 34.6 Å². The smallest absolute Gasteiger partial charge is 0.361 e. The number of hydrogen-bond acceptors (Lipinski definition) is 5. The van der Waals surface area contributed by atoms with Crippen molar-refractivity contribution >= 4 is 5.97 Å². The number of carbonyl (C=O) groups is 1. The summed E-state index contributed by atoms with van der Waals surface area (Å²) in [5, 5.41) is 10.6. The van der Waals surface area contributed by atoms with Crippen LogP contribution in [0, 0.1) is 13.8 Å². The molecule has 0 saturated heterocycles. The van der Waals surface area contributed by atoms with Crippen LogP contribution in [0.3, 0.4) is 0 Å². The van der Waals surface area contributed by atoms with Gasteiger partial charge >= 0.3 is 5.97 Å². The summed E-state index contributed by atoms with van der Waals surface area (Å²) in [6.07, 6.45) is 2.12. The van der Waals surface area contributed by atoms with Crippen molar-refractivity contribution in [3.8, 4) is 17.0 Å². The van der Waals surface area contributed by atoms with Crippen LogP contribution in [0.15, 0.2) is 12.1 Å². The first-order valence-electron chi connectivity index (χ1n) is 7.90. The molecule has 0 radical (unpaired) electrons. The molecule has 0 fully saturated rings. The molecule has 2 aromatic rings. The van der Waals surface area contributed by atoms with Crippen molar-refractivity contribution in [3.63, 3.8) is 0 Å². The van der Waals surface area contributed by atoms with Crippen LogP contribution in [0.1, 0.15) is 48.3 Å². The zero-order valence-electron chi connectivity index (χ0n) is 14.1. The van der Waals surface area contributed by atoms with E-state index in [-0.39, 0.29) is 5.69 Å². The molecule has 0 atom stereocenters. The number of nitrogens with one attached hydrogen (secondary N) is 1. The average Bonchev–Trinajstić information content (AvgIpc) is 2.96. The Morgan fingerprint density at radius 3 is 2.48 bits per heavy atom. The zero-order valence-corrected chi connectivity index (χ0v) is 14.1. The van der Waals surface area contributed by atoms with E-state index in [2.05, 4.69) is 22.3 Å². The Morgan fingerprint density at radius 1 is 1.17 bits per heavy atom. The fourth-order valence-electron chi connectivity index (χ4n) is 2.46. The molecule has 0 saturated carbocycles. The summed E-state index contributed by atoms with van der Waals surface area (Å²) in [6, 6.07) is 3.92. The molecule has 0 unspecified atom stereocenters. The van der Waals surface area contributed by atoms with Gasteiger partial charge < -0.3 is 9.47 Å². The van der Waals surface area contributed by atoms with Gasteiger partial charge in [0.05, 0.1) is 13.2 Å². The second-order valence-corrected chi connectivity index (χ2v) is 5.38. The molecule has 0 bridgehead atoms. The van der Waals surface area contributed by atoms with E-state index in [9.17, 15) is 4.79 Å². The van der Waals surface area contributed by atoms with Crippen LogP contribution in [0.5, 0.6) is 5.75 Å². The van der Waals surface area contributed by atoms with E-state index in [1.807, 2.05) is 26.0 Å². The van der Waals surface area contributed by atoms with Gasteiger partial charge in [0.25, 0.3) is 0 Å². The van der Waals surface area contributed by atoms with E-state index in [1.165, 1.54) is 0 Å². The lowest BCUT2D eigenvalue weighted by Gasteiger charge is -2.12. The molecule has 0 aliphatic rings. The summed E-state index contributed by atoms with van der Waals surface area (Å²) >= 11 is 0. The molecule has 1 heterocycles. The summed E-state index contributed by atoms with van der Waals surface area (Å²) in [4.78, 5) is 12.0. The number of benzene rings is 1. The molecular weight excluding hydrogens is 294 g/mol. The largest absolute Gasteiger partial charge is 0.494 e. The minimum atomic E-state index is -0.474. The molecule has 124 valence electrons. The SMILES string of the molecule is CCCCOc1cc(C)c(-c2n[nH]nc2C(=O)OCC)c(C)c1. The third-order valence-electron chi connectivity index (χ3n) is 3.53. The fourth-order valence-corrected chi connectivity index (χ4v) is 2.46. The Morgan fingerprint density at radius 2 is 1.87 bits per heavy atom. The normalized spacial score (nSPS) is 10.6. The summed E-state index contributed by atoms with van der Waals surface area (Å²) in [6.45, 7) is 8.83. The lowest BCUT2D eigenvalue weighted by molar-refractivity contribution is 0.0520. The van der Waals surface area contributed by atoms with Crippen LogP contribution in [0.4, 0.5) is 0 Å². The number of aromatic amines is 1. The zero-order chi connectivity index (χ0) is 16.8. The van der Waals surface area contributed by atoms with Crippen LogP contribution < -0.4 is 4.74 Å². The minimum absolute atomic E-state index is 0.206. The van der Waals surface area contributed by atoms with Crippen molar-refractivity contribution in [2.75, 3.05) is 13.2 Å². The van der Waals surface area contributed by atoms with E-state index in [1.54, 1.807) is 6.92 Å². The van der Waals surface area contributed by atoms with Gasteiger partial charge in [0.2, 0.25) is 0 Å². The number of ether oxygens (including phenoxy) is 2. The number of unbranched alkanes of at least 4 members (excludes halogenated alkanes) is 1. The van der Waals surface area contributed by atoms with Gasteiger partial charge in [-0.3, -0.25) is 0 Å². The Balaban J connectivity index is 2.34. The van der Waals surface area contributed by atoms with Crippen molar-refractivity contribution < 1.29 is 14.3 Å². The van der Waals surface area contributed by atoms with E-state index in [0.29, 0.717) is 18.9 Å². The third-order valence-corrected chi connectivity index (χ3v) is 3.53. The Kier molecular flexibility index (Phi) is 5.73. The molecule has 1 N–H and O–H groups in total. The molecule has 6 nitrogen and oxygen atoms in total. The maximum absolute atomic E-state index is 12.0. The fraction of sp³-hybridized carbons (Fsp3) is 0.471. The first-order chi connectivity index (χ1) is 11.1. The Hall–Kier alpha value is -2.37. The number of carbonyl (C=O) groups excluding carboxylic acids is 1. The second kappa shape index (κ2) is 7.76. The molecule has 2 rings (SSSR count). The van der Waals surface area contributed by atoms with Crippen molar-refractivity contribution in [2.45, 2.75) is 40.5 Å². The predicted octanol–water partition coefficient (Wildman–Crippen LogP) is 3.44. The molecule has 1 aromatic heterocycles. The van der Waals surface area contributed by atoms with E-state index < -0.39 is 5.97 Å². The number of aromatic nitrogens is 3. The number of hydrogen-bond donors (Lipinski definition) is 1. The van der Waals surface area contributed by atoms with Gasteiger partial charge in [-0.15, -0.1) is 5.10 Å². The van der Waals surface area contributed by atoms with Gasteiger partial charge in [0, 0.05) is 5.56 Å². The van der Waals surface area contributed by atoms with Crippen LogP contribution >= 0.6 is 0 Å². The Bertz CT molecular complexity index is 656. The van der Waals surface area contributed by atoms with Crippen LogP contribution in [0.2, 0.25) is 0 Å². The predicted molar refractivity (Wildman–Crippen MR) is 87.7 cm³/mol. The van der Waals surface area contributed by atoms with Gasteiger partial charge in [0.15, 0.2) is 5.69 Å². The van der Waals surface area contributed by atoms with Crippen molar-refractivity contribution in [2.24, 2.45) is 0 Å². The molecule has 0 aliphatic heterocycles. The maximum Gasteiger partial charge on any atom is 0.361 e. The maximum atomic E-state index is 12.0. The van der Waals surface area contributed by atoms with Gasteiger partial charge in [-0.05, 0) is 50.5 Å². The molecule has 6 heteroatoms. The van der Waals surface area contributed by atoms with Crippen LogP contribution in [-0.2, 0) is 4.74 Å². The molecule has 0 aliphatic carbocycles. The highest BCUT2D eigenvalue weighted by molar-refractivity contribution is 5.94. The van der Waals surface area contributed by atoms with Gasteiger partial charge in [-0.25, -0.2) is 4.79 Å². The summed E-state index contributed by atoms with van der Waals surface area (Å²) < 4.78 is 10.8. The average molecular weight is 317 g/mol. The quantitative estimate of drug-likeness (QED) is 0.625. The number of H-pyrrole nitrogens is 1. The van der Waals surface area contributed by atoms with E-state index in [0.717, 1.165) is 35.3 Å². The first-order valence-corrected chi connectivity index (χ1v) is 7.90. The second-order valence-electron chi connectivity index (χ2n) is 5.38. The van der Waals surface area contributed by atoms with Crippen molar-refractivity contribution in [1.29, 1.82) is 0 Å². The summed E-state index contributed by atoms with van der Waals surface area (Å²) in [5.74, 6) is 0.358. The molecule has 0 spiro atoms. The molecule has 0 amide bonds. The van der Waals surface area contributed by atoms with E-state index in [4.69, 9.17) is 9.47 Å². The van der Waals surface area contributed by atoms with Gasteiger partial charge in [-0.2, -0.15) is 10.3 Å². The van der Waals surface area contributed by atoms with Crippen molar-refractivity contribution in [3.05, 3.63) is 29.0 Å². The lowest BCUT2D eigenvalue weighted by atomic mass is 9.98. The summed E-state index contributed by atoms with van der Waals surface area (Å²) in [5.41, 5.74) is 3.56. The number of rotatable bonds is 7. The molecule has 1 aromatic carbocycles. The standard InChI is InChI=1S/C17H23N3O3/c1-5-7-8-23-13-9-11(3)14(12(4)10-13)15-16(19-20-18-15)17(21)22-6-2/h9-10H,5-8H2,1-4H3,(H,18,19,20). The van der Waals surface area contributed by atoms with E-state index >= 15 is 0 Å². The van der Waals surface area contributed by atoms with Crippen LogP contribution in [0.25, 0.3) is 11.3 Å². The molecule has 23 heavy (non-hydrogen) atoms. The monoisotopic (exact) mass is 317 g/mol. The third kappa shape index (κ3) is 3.88. The Labute approximate surface area is 136 Å². The number of esters is 1. The number of aryl methyl sites for hydroxylation is 2. The number of nitrogens with zero attached hydrogens (tertiary/aromatic N) is 2. The van der Waals surface area contributed by atoms with Gasteiger partial charge in [-0.1, -0.05) is 13.3 Å². The highest BCUT2D eigenvalue weighted by Crippen LogP contribution is 2.31. The van der Waals surface area contributed by atoms with Crippen molar-refractivity contribution in [1.82, 2.24) is 15.4 Å². The minimum Gasteiger partial charge on any atom is -0.494 e. The van der Waals surface area contributed by atoms with Gasteiger partial charge in [0.1, 0.15) is 11.4 Å². The lowest BCUT2D eigenvalue weighted by Crippen LogP contribution is -2.07. The molecular formula is C17H23N3O3. The highest BCUT2D eigenvalue weighted by Gasteiger charge is 2.22.